The molecule has 10 aromatic rings. The van der Waals surface area contributed by atoms with Crippen LogP contribution in [0.4, 0.5) is 0 Å². The van der Waals surface area contributed by atoms with Gasteiger partial charge < -0.3 is 13.2 Å². The van der Waals surface area contributed by atoms with Crippen LogP contribution in [0.25, 0.3) is 49.7 Å². The molecule has 0 fully saturated rings. The number of aromatic nitrogens is 9. The molecule has 252 valence electrons. The summed E-state index contributed by atoms with van der Waals surface area (Å²) in [5, 5.41) is 2.83. The molecule has 0 N–H and O–H groups in total. The van der Waals surface area contributed by atoms with Crippen molar-refractivity contribution in [2.75, 3.05) is 0 Å². The van der Waals surface area contributed by atoms with Gasteiger partial charge in [0.1, 0.15) is 0 Å². The molecule has 6 heterocycles. The minimum Gasteiger partial charge on any atom is -0.331 e. The molecule has 0 aliphatic rings. The van der Waals surface area contributed by atoms with Gasteiger partial charge in [-0.2, -0.15) is 0 Å². The Kier molecular flexibility index (Phi) is 8.26. The Morgan fingerprint density at radius 3 is 1.10 bits per heavy atom. The summed E-state index contributed by atoms with van der Waals surface area (Å²) in [5.41, 5.74) is 12.4. The molecule has 6 aromatic heterocycles. The third-order valence-electron chi connectivity index (χ3n) is 9.61. The topological polar surface area (TPSA) is 90.6 Å². The first-order chi connectivity index (χ1) is 25.2. The van der Waals surface area contributed by atoms with Crippen molar-refractivity contribution in [3.8, 4) is 0 Å². The van der Waals surface area contributed by atoms with E-state index >= 15 is 0 Å². The minimum atomic E-state index is 0. The quantitative estimate of drug-likeness (QED) is 0.145. The number of benzene rings is 4. The molecule has 52 heavy (non-hydrogen) atoms. The number of imidazole rings is 3. The van der Waals surface area contributed by atoms with Crippen LogP contribution >= 0.6 is 0 Å². The van der Waals surface area contributed by atoms with Gasteiger partial charge in [0.05, 0.1) is 35.9 Å². The third kappa shape index (κ3) is 6.00. The summed E-state index contributed by atoms with van der Waals surface area (Å²) in [7, 11) is 0. The number of hydrogen-bond acceptors (Lipinski definition) is 6. The number of aryl methyl sites for hydroxylation is 6. The van der Waals surface area contributed by atoms with E-state index in [0.717, 1.165) is 105 Å². The molecule has 0 bridgehead atoms. The molecule has 0 spiro atoms. The fraction of sp³-hybridized carbons (Fsp3) is 0.143. The summed E-state index contributed by atoms with van der Waals surface area (Å²) < 4.78 is 6.02. The van der Waals surface area contributed by atoms with Crippen molar-refractivity contribution in [1.29, 1.82) is 0 Å². The van der Waals surface area contributed by atoms with E-state index in [0.29, 0.717) is 0 Å². The van der Waals surface area contributed by atoms with E-state index in [2.05, 4.69) is 69.9 Å². The Morgan fingerprint density at radius 1 is 0.442 bits per heavy atom. The predicted octanol–water partition coefficient (Wildman–Crippen LogP) is 7.03. The van der Waals surface area contributed by atoms with E-state index in [-0.39, 0.29) is 20.1 Å². The molecule has 0 radical (unpaired) electrons. The maximum absolute atomic E-state index is 4.99. The predicted molar refractivity (Wildman–Crippen MR) is 197 cm³/mol. The van der Waals surface area contributed by atoms with Crippen molar-refractivity contribution < 1.29 is 20.1 Å². The van der Waals surface area contributed by atoms with Crippen LogP contribution < -0.4 is 0 Å². The molecule has 0 saturated heterocycles. The van der Waals surface area contributed by atoms with E-state index in [1.165, 1.54) is 16.7 Å². The molecule has 0 aliphatic carbocycles. The molecule has 0 unspecified atom stereocenters. The Labute approximate surface area is 312 Å². The zero-order valence-corrected chi connectivity index (χ0v) is 30.4. The van der Waals surface area contributed by atoms with Crippen LogP contribution in [-0.2, 0) is 58.6 Å². The maximum atomic E-state index is 4.99. The average molecular weight is 853 g/mol. The first-order valence-electron chi connectivity index (χ1n) is 17.2. The van der Waals surface area contributed by atoms with Gasteiger partial charge in [0.2, 0.25) is 0 Å². The van der Waals surface area contributed by atoms with E-state index < -0.39 is 0 Å². The van der Waals surface area contributed by atoms with E-state index in [1.807, 2.05) is 86.8 Å². The Morgan fingerprint density at radius 2 is 0.769 bits per heavy atom. The van der Waals surface area contributed by atoms with Crippen molar-refractivity contribution in [1.82, 2.24) is 43.1 Å². The van der Waals surface area contributed by atoms with Gasteiger partial charge in [0, 0.05) is 35.7 Å². The zero-order valence-electron chi connectivity index (χ0n) is 28.0. The summed E-state index contributed by atoms with van der Waals surface area (Å²) in [4.78, 5) is 28.7. The third-order valence-corrected chi connectivity index (χ3v) is 9.61. The first kappa shape index (κ1) is 32.1. The van der Waals surface area contributed by atoms with Crippen LogP contribution in [0.5, 0.6) is 0 Å². The SMILES string of the molecule is [Ir+3].[c-]1cccc2ncn3cc(CCc4cc(CCc5cn6cnc7ccc[c-]c7c6n5)cc(CCc5cn6cnc7ccc[c-]c7c6n5)c4)nc3c12. The first-order valence-corrected chi connectivity index (χ1v) is 17.2. The molecule has 9 nitrogen and oxygen atoms in total. The van der Waals surface area contributed by atoms with Gasteiger partial charge in [-0.15, -0.1) is 72.8 Å². The van der Waals surface area contributed by atoms with E-state index in [9.17, 15) is 0 Å². The molecular weight excluding hydrogens is 823 g/mol. The normalized spacial score (nSPS) is 11.8. The maximum Gasteiger partial charge on any atom is 3.00 e. The molecule has 0 atom stereocenters. The monoisotopic (exact) mass is 853 g/mol. The molecule has 10 rings (SSSR count). The van der Waals surface area contributed by atoms with Crippen LogP contribution in [-0.4, -0.2) is 43.1 Å². The summed E-state index contributed by atoms with van der Waals surface area (Å²) in [5.74, 6) is 0. The van der Waals surface area contributed by atoms with Gasteiger partial charge >= 0.3 is 20.1 Å². The summed E-state index contributed by atoms with van der Waals surface area (Å²) in [6, 6.07) is 34.6. The fourth-order valence-corrected chi connectivity index (χ4v) is 7.12. The van der Waals surface area contributed by atoms with Crippen molar-refractivity contribution in [3.63, 3.8) is 0 Å². The van der Waals surface area contributed by atoms with Crippen LogP contribution in [0.2, 0.25) is 0 Å². The number of nitrogens with zero attached hydrogens (tertiary/aromatic N) is 9. The summed E-state index contributed by atoms with van der Waals surface area (Å²) >= 11 is 0. The van der Waals surface area contributed by atoms with Crippen molar-refractivity contribution in [2.24, 2.45) is 0 Å². The van der Waals surface area contributed by atoms with Gasteiger partial charge in [-0.05, 0) is 71.8 Å². The Hall–Kier alpha value is -5.83. The second kappa shape index (κ2) is 13.4. The van der Waals surface area contributed by atoms with Crippen LogP contribution in [0.15, 0.2) is 110 Å². The van der Waals surface area contributed by atoms with E-state index in [1.54, 1.807) is 0 Å². The van der Waals surface area contributed by atoms with Crippen molar-refractivity contribution in [2.45, 2.75) is 38.5 Å². The van der Waals surface area contributed by atoms with Gasteiger partial charge in [0.15, 0.2) is 0 Å². The fourth-order valence-electron chi connectivity index (χ4n) is 7.12. The number of fused-ring (bicyclic) bond motifs is 9. The molecule has 0 aliphatic heterocycles. The van der Waals surface area contributed by atoms with Gasteiger partial charge in [0.25, 0.3) is 0 Å². The Bertz CT molecular complexity index is 2580. The van der Waals surface area contributed by atoms with E-state index in [4.69, 9.17) is 15.0 Å². The van der Waals surface area contributed by atoms with Gasteiger partial charge in [-0.25, -0.2) is 0 Å². The summed E-state index contributed by atoms with van der Waals surface area (Å²) in [6.07, 6.45) is 16.9. The van der Waals surface area contributed by atoms with Crippen molar-refractivity contribution in [3.05, 3.63) is 162 Å². The van der Waals surface area contributed by atoms with Crippen molar-refractivity contribution >= 4 is 49.7 Å². The zero-order chi connectivity index (χ0) is 33.7. The number of hydrogen-bond donors (Lipinski definition) is 0. The molecule has 10 heteroatoms. The molecule has 0 amide bonds. The van der Waals surface area contributed by atoms with Crippen LogP contribution in [0.1, 0.15) is 33.8 Å². The largest absolute Gasteiger partial charge is 3.00 e. The second-order valence-electron chi connectivity index (χ2n) is 13.1. The number of rotatable bonds is 9. The standard InChI is InChI=1S/C42H30N9.Ir/c1-4-10-37-34(7-1)40-46-31(22-49(40)25-43-37)16-13-28-19-29(14-17-32-23-50-26-44-38-11-5-2-8-35(38)41(50)47-32)21-30(20-28)15-18-33-24-51-27-45-39-12-6-3-9-36(39)42(51)48-33;/h1-6,10-12,19-27H,13-18H2;/q-3;+3. The smallest absolute Gasteiger partial charge is 0.331 e. The van der Waals surface area contributed by atoms with Crippen LogP contribution in [0.3, 0.4) is 0 Å². The summed E-state index contributed by atoms with van der Waals surface area (Å²) in [6.45, 7) is 0. The Balaban J connectivity index is 0.00000360. The van der Waals surface area contributed by atoms with Gasteiger partial charge in [-0.1, -0.05) is 34.4 Å². The second-order valence-corrected chi connectivity index (χ2v) is 13.1. The molecule has 4 aromatic carbocycles. The van der Waals surface area contributed by atoms with Gasteiger partial charge in [-0.3, -0.25) is 29.9 Å². The average Bonchev–Trinajstić information content (AvgIpc) is 3.92. The molecule has 0 saturated carbocycles. The van der Waals surface area contributed by atoms with Crippen LogP contribution in [0, 0.1) is 18.2 Å². The minimum absolute atomic E-state index is 0. The molecular formula is C42H30IrN9.